The van der Waals surface area contributed by atoms with E-state index in [1.165, 1.54) is 0 Å². The van der Waals surface area contributed by atoms with Crippen molar-refractivity contribution in [2.24, 2.45) is 0 Å². The topological polar surface area (TPSA) is 68.8 Å². The minimum atomic E-state index is -0.144. The Morgan fingerprint density at radius 3 is 2.27 bits per heavy atom. The van der Waals surface area contributed by atoms with E-state index in [4.69, 9.17) is 4.74 Å². The number of imidazole rings is 1. The van der Waals surface area contributed by atoms with Crippen molar-refractivity contribution in [3.05, 3.63) is 94.8 Å². The van der Waals surface area contributed by atoms with Crippen LogP contribution in [0.25, 0.3) is 27.7 Å². The second-order valence-electron chi connectivity index (χ2n) is 7.04. The first kappa shape index (κ1) is 18.0. The van der Waals surface area contributed by atoms with Crippen molar-refractivity contribution in [3.8, 4) is 23.0 Å². The van der Waals surface area contributed by atoms with E-state index in [0.717, 1.165) is 16.9 Å². The van der Waals surface area contributed by atoms with Crippen molar-refractivity contribution in [1.82, 2.24) is 14.2 Å². The number of nitrogens with zero attached hydrogens (tertiary/aromatic N) is 3. The summed E-state index contributed by atoms with van der Waals surface area (Å²) in [5, 5.41) is 12.0. The molecule has 0 unspecified atom stereocenters. The highest BCUT2D eigenvalue weighted by Crippen LogP contribution is 2.31. The van der Waals surface area contributed by atoms with Gasteiger partial charge in [-0.25, -0.2) is 9.20 Å². The molecule has 0 saturated carbocycles. The van der Waals surface area contributed by atoms with Gasteiger partial charge in [-0.05, 0) is 35.9 Å². The minimum Gasteiger partial charge on any atom is -0.497 e. The van der Waals surface area contributed by atoms with Crippen LogP contribution in [0, 0.1) is 0 Å². The number of rotatable bonds is 4. The van der Waals surface area contributed by atoms with Crippen molar-refractivity contribution in [2.45, 2.75) is 6.54 Å². The molecule has 0 aliphatic carbocycles. The molecule has 0 spiro atoms. The van der Waals surface area contributed by atoms with Crippen LogP contribution < -0.4 is 10.3 Å². The van der Waals surface area contributed by atoms with Crippen LogP contribution in [0.15, 0.2) is 83.7 Å². The predicted octanol–water partition coefficient (Wildman–Crippen LogP) is 4.08. The Balaban J connectivity index is 1.87. The van der Waals surface area contributed by atoms with Crippen molar-refractivity contribution in [3.63, 3.8) is 0 Å². The summed E-state index contributed by atoms with van der Waals surface area (Å²) in [5.74, 6) is 1.10. The average molecular weight is 397 g/mol. The fourth-order valence-corrected chi connectivity index (χ4v) is 3.80. The number of fused-ring (bicyclic) bond motifs is 3. The molecule has 5 aromatic rings. The first-order valence-electron chi connectivity index (χ1n) is 9.59. The quantitative estimate of drug-likeness (QED) is 0.496. The molecule has 0 aliphatic rings. The van der Waals surface area contributed by atoms with Crippen LogP contribution in [0.1, 0.15) is 5.56 Å². The Morgan fingerprint density at radius 2 is 1.57 bits per heavy atom. The Hall–Kier alpha value is -4.06. The molecule has 6 heteroatoms. The summed E-state index contributed by atoms with van der Waals surface area (Å²) in [7, 11) is 1.61. The van der Waals surface area contributed by atoms with E-state index >= 15 is 0 Å². The summed E-state index contributed by atoms with van der Waals surface area (Å²) >= 11 is 0. The van der Waals surface area contributed by atoms with Gasteiger partial charge in [-0.3, -0.25) is 4.79 Å². The van der Waals surface area contributed by atoms with Crippen LogP contribution in [0.3, 0.4) is 0 Å². The molecule has 3 aromatic carbocycles. The number of ether oxygens (including phenoxy) is 1. The van der Waals surface area contributed by atoms with Crippen LogP contribution >= 0.6 is 0 Å². The van der Waals surface area contributed by atoms with Gasteiger partial charge in [-0.15, -0.1) is 0 Å². The average Bonchev–Trinajstić information content (AvgIpc) is 3.14. The zero-order valence-electron chi connectivity index (χ0n) is 16.3. The summed E-state index contributed by atoms with van der Waals surface area (Å²) in [4.78, 5) is 17.9. The van der Waals surface area contributed by atoms with Crippen molar-refractivity contribution < 1.29 is 9.84 Å². The third kappa shape index (κ3) is 2.81. The van der Waals surface area contributed by atoms with E-state index in [1.807, 2.05) is 72.8 Å². The molecule has 0 amide bonds. The van der Waals surface area contributed by atoms with E-state index in [9.17, 15) is 9.90 Å². The molecule has 5 rings (SSSR count). The Labute approximate surface area is 172 Å². The normalized spacial score (nSPS) is 11.2. The number of aromatic hydroxyl groups is 1. The number of hydrogen-bond donors (Lipinski definition) is 1. The molecular formula is C24H19N3O3. The largest absolute Gasteiger partial charge is 0.497 e. The second-order valence-corrected chi connectivity index (χ2v) is 7.04. The fraction of sp³-hybridized carbons (Fsp3) is 0.0833. The van der Waals surface area contributed by atoms with Gasteiger partial charge >= 0.3 is 0 Å². The SMILES string of the molecule is COc1ccc(-c2nc(O)c3c4ccccc4c(=O)n(Cc4ccccc4)n23)cc1. The van der Waals surface area contributed by atoms with Gasteiger partial charge in [0.25, 0.3) is 5.56 Å². The van der Waals surface area contributed by atoms with Gasteiger partial charge in [0.1, 0.15) is 11.3 Å². The second kappa shape index (κ2) is 7.08. The van der Waals surface area contributed by atoms with Crippen molar-refractivity contribution in [1.29, 1.82) is 0 Å². The highest BCUT2D eigenvalue weighted by molar-refractivity contribution is 5.98. The highest BCUT2D eigenvalue weighted by Gasteiger charge is 2.20. The van der Waals surface area contributed by atoms with Crippen LogP contribution in [-0.4, -0.2) is 26.4 Å². The third-order valence-corrected chi connectivity index (χ3v) is 5.25. The molecular weight excluding hydrogens is 378 g/mol. The lowest BCUT2D eigenvalue weighted by Gasteiger charge is -2.14. The molecule has 0 saturated heterocycles. The standard InChI is InChI=1S/C24H19N3O3/c1-30-18-13-11-17(12-14-18)22-25-23(28)21-19-9-5-6-10-20(19)24(29)26(27(21)22)15-16-7-3-2-4-8-16/h2-14,28H,15H2,1H3. The zero-order chi connectivity index (χ0) is 20.7. The Kier molecular flexibility index (Phi) is 4.25. The minimum absolute atomic E-state index is 0.112. The van der Waals surface area contributed by atoms with E-state index in [-0.39, 0.29) is 11.4 Å². The van der Waals surface area contributed by atoms with E-state index in [1.54, 1.807) is 22.4 Å². The van der Waals surface area contributed by atoms with Crippen LogP contribution in [0.5, 0.6) is 11.6 Å². The lowest BCUT2D eigenvalue weighted by Crippen LogP contribution is -2.27. The summed E-state index contributed by atoms with van der Waals surface area (Å²) in [6, 6.07) is 24.4. The van der Waals surface area contributed by atoms with Crippen LogP contribution in [0.2, 0.25) is 0 Å². The third-order valence-electron chi connectivity index (χ3n) is 5.25. The molecule has 2 aromatic heterocycles. The summed E-state index contributed by atoms with van der Waals surface area (Å²) in [6.45, 7) is 0.347. The number of methoxy groups -OCH3 is 1. The lowest BCUT2D eigenvalue weighted by atomic mass is 10.1. The molecule has 148 valence electrons. The molecule has 1 N–H and O–H groups in total. The first-order chi connectivity index (χ1) is 14.7. The highest BCUT2D eigenvalue weighted by atomic mass is 16.5. The Bertz CT molecular complexity index is 1420. The number of hydrogen-bond acceptors (Lipinski definition) is 4. The van der Waals surface area contributed by atoms with Gasteiger partial charge in [-0.2, -0.15) is 4.98 Å². The van der Waals surface area contributed by atoms with Gasteiger partial charge in [-0.1, -0.05) is 48.5 Å². The zero-order valence-corrected chi connectivity index (χ0v) is 16.3. The molecule has 0 bridgehead atoms. The van der Waals surface area contributed by atoms with Gasteiger partial charge in [0.2, 0.25) is 5.88 Å². The molecule has 2 heterocycles. The number of benzene rings is 3. The van der Waals surface area contributed by atoms with Gasteiger partial charge in [0.05, 0.1) is 19.0 Å². The molecule has 0 radical (unpaired) electrons. The fourth-order valence-electron chi connectivity index (χ4n) is 3.80. The number of aromatic nitrogens is 3. The van der Waals surface area contributed by atoms with Crippen LogP contribution in [0.4, 0.5) is 0 Å². The maximum atomic E-state index is 13.5. The molecule has 0 atom stereocenters. The van der Waals surface area contributed by atoms with Gasteiger partial charge in [0.15, 0.2) is 5.82 Å². The maximum Gasteiger partial charge on any atom is 0.273 e. The van der Waals surface area contributed by atoms with E-state index in [2.05, 4.69) is 4.98 Å². The van der Waals surface area contributed by atoms with Crippen molar-refractivity contribution in [2.75, 3.05) is 7.11 Å². The van der Waals surface area contributed by atoms with Gasteiger partial charge < -0.3 is 9.84 Å². The molecule has 0 aliphatic heterocycles. The monoisotopic (exact) mass is 397 g/mol. The van der Waals surface area contributed by atoms with Gasteiger partial charge in [0, 0.05) is 10.9 Å². The summed E-state index contributed by atoms with van der Waals surface area (Å²) < 4.78 is 8.59. The smallest absolute Gasteiger partial charge is 0.273 e. The Morgan fingerprint density at radius 1 is 0.900 bits per heavy atom. The van der Waals surface area contributed by atoms with E-state index < -0.39 is 0 Å². The lowest BCUT2D eigenvalue weighted by molar-refractivity contribution is 0.415. The predicted molar refractivity (Wildman–Crippen MR) is 116 cm³/mol. The van der Waals surface area contributed by atoms with E-state index in [0.29, 0.717) is 28.7 Å². The molecule has 6 nitrogen and oxygen atoms in total. The van der Waals surface area contributed by atoms with Crippen molar-refractivity contribution >= 4 is 16.3 Å². The molecule has 0 fully saturated rings. The van der Waals surface area contributed by atoms with Crippen LogP contribution in [-0.2, 0) is 6.54 Å². The summed E-state index contributed by atoms with van der Waals surface area (Å²) in [5.41, 5.74) is 2.11. The summed E-state index contributed by atoms with van der Waals surface area (Å²) in [6.07, 6.45) is 0. The maximum absolute atomic E-state index is 13.5. The molecule has 30 heavy (non-hydrogen) atoms. The first-order valence-corrected chi connectivity index (χ1v) is 9.59.